The highest BCUT2D eigenvalue weighted by Gasteiger charge is 2.29. The maximum absolute atomic E-state index is 12.5. The van der Waals surface area contributed by atoms with Gasteiger partial charge in [-0.3, -0.25) is 37.1 Å². The number of urea groups is 3. The Balaban J connectivity index is 0.000000278. The summed E-state index contributed by atoms with van der Waals surface area (Å²) >= 11 is 24.2. The molecule has 12 aromatic rings. The van der Waals surface area contributed by atoms with Crippen LogP contribution in [0.4, 0.5) is 112 Å². The molecule has 2 saturated heterocycles. The van der Waals surface area contributed by atoms with Gasteiger partial charge in [-0.05, 0) is 215 Å². The van der Waals surface area contributed by atoms with E-state index in [9.17, 15) is 92.2 Å². The van der Waals surface area contributed by atoms with E-state index < -0.39 is 120 Å². The van der Waals surface area contributed by atoms with Crippen molar-refractivity contribution >= 4 is 256 Å². The molecule has 5 heterocycles. The highest BCUT2D eigenvalue weighted by Crippen LogP contribution is 2.42. The second-order valence-electron chi connectivity index (χ2n) is 29.2. The Morgan fingerprint density at radius 3 is 1.15 bits per heavy atom. The Labute approximate surface area is 791 Å². The average Bonchev–Trinajstić information content (AvgIpc) is 0.764. The number of anilines is 11. The van der Waals surface area contributed by atoms with Crippen molar-refractivity contribution in [2.45, 2.75) is 50.1 Å². The molecule has 22 N–H and O–H groups in total. The zero-order valence-electron chi connectivity index (χ0n) is 70.2. The summed E-state index contributed by atoms with van der Waals surface area (Å²) in [5, 5.41) is 45.8. The minimum absolute atomic E-state index is 0.00260. The molecular formula is C75H76Cl4N30O21S6. The normalized spacial score (nSPS) is 13.7. The van der Waals surface area contributed by atoms with Crippen LogP contribution < -0.4 is 70.4 Å². The molecule has 0 saturated carbocycles. The molecule has 0 spiro atoms. The van der Waals surface area contributed by atoms with Crippen LogP contribution in [0.2, 0.25) is 21.1 Å². The monoisotopic (exact) mass is 2060 g/mol. The predicted molar refractivity (Wildman–Crippen MR) is 501 cm³/mol. The van der Waals surface area contributed by atoms with Gasteiger partial charge in [0.1, 0.15) is 52.9 Å². The minimum Gasteiger partial charge on any atom is -0.353 e. The number of aryl methyl sites for hydroxylation is 3. The standard InChI is InChI=1S/C48H45Cl2N19O14S4.C21H16Cl2N8O7S2.C6H15N3/c1-23-13-25-17-40(87(81,82)83)37(22-31(25)38(14-23)85(75,76)77)67-65-33-6-4-28(19-36(33)57-44(52)71)55-47-60-42(50)61-48(63-47)69-11-9-68(10-12-69)8-7-53-45-58-41(49)59-46(62-45)54-27-3-5-32(35(18-27)56-43(51)70)64-66-34-21-30-26(15-24(34)2)16-29(84(72,73)74)20-39(30)86(78,79)80;1-9-4-10-6-17(40(36,37)38)15(8-12(10)16(5-9)39(33,34)35)31-30-13-3-2-11(7-14(13)26-20(24)32)25-21-28-18(22)27-19(23)29-21;7-1-4-9-5-2-8-3-6-9/h3-6,13-22H,7-12H2,1-2H3,(H3,51,56,70)(H3,52,57,71)(H,72,73,74)(H,75,76,77)(H,78,79,80)(H,81,82,83)(H,55,60,61,63)(H2,53,54,58,59,62);2-8H,1H3,(H3,24,26,32)(H,33,34,35)(H,36,37,38)(H,25,27,28,29);8H,1-7H2. The number of nitrogens with one attached hydrogen (secondary N) is 8. The molecule has 51 nitrogen and oxygen atoms in total. The number of halogens is 4. The van der Waals surface area contributed by atoms with Gasteiger partial charge in [0.25, 0.3) is 60.7 Å². The summed E-state index contributed by atoms with van der Waals surface area (Å²) in [6, 6.07) is 23.3. The maximum Gasteiger partial charge on any atom is 0.316 e. The number of azo groups is 3. The topological polar surface area (TPSA) is 778 Å². The van der Waals surface area contributed by atoms with Crippen LogP contribution in [0.3, 0.4) is 0 Å². The van der Waals surface area contributed by atoms with Crippen LogP contribution in [-0.4, -0.2) is 229 Å². The minimum atomic E-state index is -5.00. The van der Waals surface area contributed by atoms with E-state index in [0.29, 0.717) is 73.4 Å². The Hall–Kier alpha value is -13.1. The number of carbonyl (C=O) groups is 3. The molecule has 6 amide bonds. The van der Waals surface area contributed by atoms with Gasteiger partial charge in [0.2, 0.25) is 50.9 Å². The number of nitrogens with zero attached hydrogens (tertiary/aromatic N) is 18. The lowest BCUT2D eigenvalue weighted by Crippen LogP contribution is -2.48. The maximum atomic E-state index is 12.5. The van der Waals surface area contributed by atoms with E-state index >= 15 is 0 Å². The third-order valence-electron chi connectivity index (χ3n) is 19.3. The molecule has 0 bridgehead atoms. The number of benzene rings is 9. The van der Waals surface area contributed by atoms with Crippen molar-refractivity contribution in [3.05, 3.63) is 165 Å². The molecule has 716 valence electrons. The molecule has 2 aliphatic heterocycles. The van der Waals surface area contributed by atoms with Crippen molar-refractivity contribution < 1.29 is 92.2 Å². The summed E-state index contributed by atoms with van der Waals surface area (Å²) in [5.41, 5.74) is 22.7. The summed E-state index contributed by atoms with van der Waals surface area (Å²) in [4.78, 5) is 75.2. The lowest BCUT2D eigenvalue weighted by atomic mass is 10.1. The predicted octanol–water partition coefficient (Wildman–Crippen LogP) is 11.4. The molecule has 9 aromatic carbocycles. The Bertz CT molecular complexity index is 7590. The number of hydrogen-bond acceptors (Lipinski definition) is 39. The van der Waals surface area contributed by atoms with Crippen molar-refractivity contribution in [2.24, 2.45) is 53.6 Å². The van der Waals surface area contributed by atoms with Gasteiger partial charge < -0.3 is 70.4 Å². The number of fused-ring (bicyclic) bond motifs is 3. The number of primary amides is 3. The fourth-order valence-electron chi connectivity index (χ4n) is 13.4. The van der Waals surface area contributed by atoms with Crippen LogP contribution in [0.1, 0.15) is 16.7 Å². The van der Waals surface area contributed by atoms with Crippen molar-refractivity contribution in [1.82, 2.24) is 60.0 Å². The first-order valence-electron chi connectivity index (χ1n) is 38.9. The summed E-state index contributed by atoms with van der Waals surface area (Å²) < 4.78 is 205. The van der Waals surface area contributed by atoms with Crippen LogP contribution in [0.5, 0.6) is 0 Å². The van der Waals surface area contributed by atoms with E-state index in [2.05, 4.69) is 128 Å². The van der Waals surface area contributed by atoms with E-state index in [1.54, 1.807) is 6.92 Å². The van der Waals surface area contributed by atoms with Crippen molar-refractivity contribution in [3.63, 3.8) is 0 Å². The molecule has 14 rings (SSSR count). The third kappa shape index (κ3) is 27.4. The van der Waals surface area contributed by atoms with E-state index in [0.717, 1.165) is 69.6 Å². The SMILES string of the molecule is Cc1cc(S(=O)(=O)O)c2cc(N=Nc3ccc(Nc4nc(Cl)nc(Cl)n4)cc3NC(N)=O)c(S(=O)(=O)O)cc2c1.Cc1cc(S(=O)(=O)O)c2cc(N=Nc3ccc(Nc4nc(Cl)nc(N5CCN(CCNc6nc(Cl)nc(Nc7ccc(N=Nc8cc9c(S(=O)(=O)O)cc(S(=O)(=O)O)cc9cc8C)c(NC(N)=O)c7)n6)CC5)n4)cc3NC(N)=O)c(S(=O)(=O)O)cc2c1.NCCN1CCNCC1. The van der Waals surface area contributed by atoms with Gasteiger partial charge in [-0.25, -0.2) is 14.4 Å². The van der Waals surface area contributed by atoms with Gasteiger partial charge in [-0.1, -0.05) is 12.1 Å². The Kier molecular flexibility index (Phi) is 31.8. The molecule has 136 heavy (non-hydrogen) atoms. The van der Waals surface area contributed by atoms with Crippen LogP contribution in [0.15, 0.2) is 187 Å². The summed E-state index contributed by atoms with van der Waals surface area (Å²) in [7, 11) is -29.2. The van der Waals surface area contributed by atoms with Gasteiger partial charge in [0.05, 0.1) is 27.6 Å². The number of hydrogen-bond donors (Lipinski definition) is 18. The molecule has 0 radical (unpaired) electrons. The van der Waals surface area contributed by atoms with Gasteiger partial charge in [0.15, 0.2) is 0 Å². The number of amides is 6. The average molecular weight is 2070 g/mol. The van der Waals surface area contributed by atoms with Crippen molar-refractivity contribution in [2.75, 3.05) is 121 Å². The van der Waals surface area contributed by atoms with Crippen LogP contribution in [0, 0.1) is 20.8 Å². The van der Waals surface area contributed by atoms with E-state index in [1.165, 1.54) is 105 Å². The third-order valence-corrected chi connectivity index (χ3v) is 25.3. The summed E-state index contributed by atoms with van der Waals surface area (Å²) in [6.45, 7) is 13.9. The van der Waals surface area contributed by atoms with Crippen LogP contribution in [-0.2, 0) is 60.7 Å². The molecule has 0 atom stereocenters. The zero-order chi connectivity index (χ0) is 98.8. The van der Waals surface area contributed by atoms with Crippen molar-refractivity contribution in [1.29, 1.82) is 0 Å². The molecule has 0 aliphatic carbocycles. The van der Waals surface area contributed by atoms with Gasteiger partial charge in [-0.2, -0.15) is 100 Å². The molecule has 2 aliphatic rings. The molecule has 3 aromatic heterocycles. The molecular weight excluding hydrogens is 1990 g/mol. The second-order valence-corrected chi connectivity index (χ2v) is 38.9. The first kappa shape index (κ1) is 102. The van der Waals surface area contributed by atoms with E-state index in [4.69, 9.17) is 69.3 Å². The number of nitrogens with two attached hydrogens (primary N) is 4. The smallest absolute Gasteiger partial charge is 0.316 e. The van der Waals surface area contributed by atoms with Crippen molar-refractivity contribution in [3.8, 4) is 0 Å². The largest absolute Gasteiger partial charge is 0.353 e. The highest BCUT2D eigenvalue weighted by atomic mass is 35.5. The quantitative estimate of drug-likeness (QED) is 0.0160. The van der Waals surface area contributed by atoms with E-state index in [1.807, 2.05) is 4.90 Å². The first-order chi connectivity index (χ1) is 63.8. The first-order valence-corrected chi connectivity index (χ1v) is 49.0. The number of carbonyl (C=O) groups excluding carboxylic acids is 3. The fourth-order valence-corrected chi connectivity index (χ4v) is 18.3. The van der Waals surface area contributed by atoms with Crippen LogP contribution in [0.25, 0.3) is 32.3 Å². The summed E-state index contributed by atoms with van der Waals surface area (Å²) in [5.74, 6) is 0.342. The zero-order valence-corrected chi connectivity index (χ0v) is 78.2. The van der Waals surface area contributed by atoms with Gasteiger partial charge >= 0.3 is 18.1 Å². The van der Waals surface area contributed by atoms with Gasteiger partial charge in [0, 0.05) is 112 Å². The molecule has 0 unspecified atom stereocenters. The summed E-state index contributed by atoms with van der Waals surface area (Å²) in [6.07, 6.45) is 0. The number of rotatable bonds is 28. The molecule has 2 fully saturated rings. The lowest BCUT2D eigenvalue weighted by Gasteiger charge is -2.34. The number of aromatic nitrogens is 9. The Morgan fingerprint density at radius 2 is 0.743 bits per heavy atom. The van der Waals surface area contributed by atoms with Gasteiger partial charge in [-0.15, -0.1) is 25.6 Å². The lowest BCUT2D eigenvalue weighted by molar-refractivity contribution is 0.247. The molecule has 61 heteroatoms. The van der Waals surface area contributed by atoms with Crippen LogP contribution >= 0.6 is 46.4 Å². The number of piperazine rings is 2. The second kappa shape index (κ2) is 42.4. The Morgan fingerprint density at radius 1 is 0.382 bits per heavy atom. The van der Waals surface area contributed by atoms with E-state index in [-0.39, 0.29) is 129 Å². The fraction of sp³-hybridized carbons (Fsp3) is 0.200. The highest BCUT2D eigenvalue weighted by molar-refractivity contribution is 7.87.